The molecule has 1 aromatic heterocycles. The molecule has 4 nitrogen and oxygen atoms in total. The molecule has 2 rings (SSSR count). The first kappa shape index (κ1) is 12.4. The summed E-state index contributed by atoms with van der Waals surface area (Å²) < 4.78 is 10.8. The van der Waals surface area contributed by atoms with Crippen LogP contribution in [0.1, 0.15) is 9.67 Å². The lowest BCUT2D eigenvalue weighted by atomic mass is 10.3. The highest BCUT2D eigenvalue weighted by atomic mass is 32.1. The highest BCUT2D eigenvalue weighted by Gasteiger charge is 2.12. The second kappa shape index (κ2) is 6.07. The molecule has 0 saturated carbocycles. The van der Waals surface area contributed by atoms with Gasteiger partial charge in [0.1, 0.15) is 24.7 Å². The maximum atomic E-state index is 10.8. The number of hydrogen-bond acceptors (Lipinski definition) is 4. The molecule has 0 amide bonds. The Kier molecular flexibility index (Phi) is 4.20. The zero-order valence-electron chi connectivity index (χ0n) is 9.54. The molecule has 0 saturated heterocycles. The third-order valence-corrected chi connectivity index (χ3v) is 3.06. The Hall–Kier alpha value is -2.01. The van der Waals surface area contributed by atoms with E-state index in [1.165, 1.54) is 0 Å². The Balaban J connectivity index is 1.79. The van der Waals surface area contributed by atoms with E-state index in [-0.39, 0.29) is 4.88 Å². The van der Waals surface area contributed by atoms with Crippen LogP contribution in [-0.4, -0.2) is 24.3 Å². The zero-order valence-corrected chi connectivity index (χ0v) is 10.4. The number of thiophene rings is 1. The summed E-state index contributed by atoms with van der Waals surface area (Å²) in [7, 11) is 0. The van der Waals surface area contributed by atoms with E-state index >= 15 is 0 Å². The molecule has 0 radical (unpaired) electrons. The average molecular weight is 264 g/mol. The fraction of sp³-hybridized carbons (Fsp3) is 0.154. The van der Waals surface area contributed by atoms with E-state index in [9.17, 15) is 4.79 Å². The molecule has 2 aromatic rings. The van der Waals surface area contributed by atoms with Crippen molar-refractivity contribution in [2.75, 3.05) is 13.2 Å². The molecular formula is C13H12O4S. The highest BCUT2D eigenvalue weighted by Crippen LogP contribution is 2.24. The maximum absolute atomic E-state index is 10.8. The summed E-state index contributed by atoms with van der Waals surface area (Å²) in [6.45, 7) is 0.685. The maximum Gasteiger partial charge on any atom is 0.349 e. The molecule has 0 fully saturated rings. The molecule has 0 bridgehead atoms. The molecule has 94 valence electrons. The first-order valence-electron chi connectivity index (χ1n) is 5.39. The second-order valence-corrected chi connectivity index (χ2v) is 4.35. The van der Waals surface area contributed by atoms with Crippen LogP contribution >= 0.6 is 11.3 Å². The van der Waals surface area contributed by atoms with Gasteiger partial charge in [0, 0.05) is 0 Å². The molecule has 1 N–H and O–H groups in total. The van der Waals surface area contributed by atoms with Crippen LogP contribution in [0.15, 0.2) is 41.8 Å². The van der Waals surface area contributed by atoms with E-state index in [2.05, 4.69) is 0 Å². The van der Waals surface area contributed by atoms with Gasteiger partial charge in [-0.05, 0) is 23.6 Å². The molecule has 0 aliphatic rings. The average Bonchev–Trinajstić information content (AvgIpc) is 2.84. The molecule has 0 aliphatic carbocycles. The minimum atomic E-state index is -0.969. The van der Waals surface area contributed by atoms with Crippen LogP contribution in [0.4, 0.5) is 0 Å². The summed E-state index contributed by atoms with van der Waals surface area (Å²) in [5.74, 6) is 0.193. The molecule has 18 heavy (non-hydrogen) atoms. The predicted molar refractivity (Wildman–Crippen MR) is 68.7 cm³/mol. The fourth-order valence-corrected chi connectivity index (χ4v) is 2.07. The minimum absolute atomic E-state index is 0.217. The first-order valence-corrected chi connectivity index (χ1v) is 6.27. The standard InChI is InChI=1S/C13H12O4S/c14-13(15)12-11(6-9-18-12)17-8-7-16-10-4-2-1-3-5-10/h1-6,9H,7-8H2,(H,14,15). The monoisotopic (exact) mass is 264 g/mol. The SMILES string of the molecule is O=C(O)c1sccc1OCCOc1ccccc1. The van der Waals surface area contributed by atoms with Crippen LogP contribution in [0.3, 0.4) is 0 Å². The van der Waals surface area contributed by atoms with Crippen molar-refractivity contribution >= 4 is 17.3 Å². The van der Waals surface area contributed by atoms with Gasteiger partial charge in [-0.3, -0.25) is 0 Å². The van der Waals surface area contributed by atoms with Crippen LogP contribution in [0, 0.1) is 0 Å². The molecule has 0 atom stereocenters. The molecule has 1 aromatic carbocycles. The third-order valence-electron chi connectivity index (χ3n) is 2.18. The van der Waals surface area contributed by atoms with Crippen LogP contribution < -0.4 is 9.47 Å². The van der Waals surface area contributed by atoms with E-state index in [0.29, 0.717) is 19.0 Å². The van der Waals surface area contributed by atoms with Crippen molar-refractivity contribution < 1.29 is 19.4 Å². The number of carbonyl (C=O) groups is 1. The van der Waals surface area contributed by atoms with E-state index in [0.717, 1.165) is 17.1 Å². The summed E-state index contributed by atoms with van der Waals surface area (Å²) in [6.07, 6.45) is 0. The van der Waals surface area contributed by atoms with E-state index in [1.807, 2.05) is 30.3 Å². The quantitative estimate of drug-likeness (QED) is 0.815. The van der Waals surface area contributed by atoms with Crippen LogP contribution in [0.2, 0.25) is 0 Å². The van der Waals surface area contributed by atoms with E-state index in [1.54, 1.807) is 11.4 Å². The molecule has 1 heterocycles. The van der Waals surface area contributed by atoms with Crippen LogP contribution in [-0.2, 0) is 0 Å². The number of rotatable bonds is 6. The zero-order chi connectivity index (χ0) is 12.8. The van der Waals surface area contributed by atoms with Gasteiger partial charge in [-0.1, -0.05) is 18.2 Å². The summed E-state index contributed by atoms with van der Waals surface area (Å²) in [5, 5.41) is 10.6. The van der Waals surface area contributed by atoms with Gasteiger partial charge in [0.05, 0.1) is 0 Å². The number of carboxylic acid groups (broad SMARTS) is 1. The number of benzene rings is 1. The van der Waals surface area contributed by atoms with Gasteiger partial charge < -0.3 is 14.6 Å². The summed E-state index contributed by atoms with van der Waals surface area (Å²) in [4.78, 5) is 11.1. The Morgan fingerprint density at radius 1 is 1.11 bits per heavy atom. The van der Waals surface area contributed by atoms with Crippen molar-refractivity contribution in [3.63, 3.8) is 0 Å². The molecule has 0 spiro atoms. The molecule has 5 heteroatoms. The van der Waals surface area contributed by atoms with Crippen molar-refractivity contribution in [1.82, 2.24) is 0 Å². The van der Waals surface area contributed by atoms with Gasteiger partial charge >= 0.3 is 5.97 Å². The van der Waals surface area contributed by atoms with Crippen molar-refractivity contribution in [2.24, 2.45) is 0 Å². The largest absolute Gasteiger partial charge is 0.490 e. The summed E-state index contributed by atoms with van der Waals surface area (Å²) >= 11 is 1.15. The van der Waals surface area contributed by atoms with Gasteiger partial charge in [0.15, 0.2) is 4.88 Å². The lowest BCUT2D eigenvalue weighted by Gasteiger charge is -2.07. The normalized spacial score (nSPS) is 10.0. The molecule has 0 unspecified atom stereocenters. The van der Waals surface area contributed by atoms with Crippen LogP contribution in [0.25, 0.3) is 0 Å². The number of ether oxygens (including phenoxy) is 2. The highest BCUT2D eigenvalue weighted by molar-refractivity contribution is 7.12. The molecular weight excluding hydrogens is 252 g/mol. The third kappa shape index (κ3) is 3.24. The minimum Gasteiger partial charge on any atom is -0.490 e. The number of carboxylic acids is 1. The van der Waals surface area contributed by atoms with E-state index < -0.39 is 5.97 Å². The van der Waals surface area contributed by atoms with Gasteiger partial charge in [-0.25, -0.2) is 4.79 Å². The lowest BCUT2D eigenvalue weighted by Crippen LogP contribution is -2.10. The van der Waals surface area contributed by atoms with Crippen molar-refractivity contribution in [3.8, 4) is 11.5 Å². The lowest BCUT2D eigenvalue weighted by molar-refractivity contribution is 0.0697. The number of para-hydroxylation sites is 1. The van der Waals surface area contributed by atoms with Crippen LogP contribution in [0.5, 0.6) is 11.5 Å². The topological polar surface area (TPSA) is 55.8 Å². The van der Waals surface area contributed by atoms with Crippen molar-refractivity contribution in [3.05, 3.63) is 46.7 Å². The van der Waals surface area contributed by atoms with Gasteiger partial charge in [0.2, 0.25) is 0 Å². The van der Waals surface area contributed by atoms with Gasteiger partial charge in [-0.2, -0.15) is 0 Å². The second-order valence-electron chi connectivity index (χ2n) is 3.43. The summed E-state index contributed by atoms with van der Waals surface area (Å²) in [6, 6.07) is 11.0. The molecule has 0 aliphatic heterocycles. The van der Waals surface area contributed by atoms with Gasteiger partial charge in [0.25, 0.3) is 0 Å². The Morgan fingerprint density at radius 3 is 2.56 bits per heavy atom. The van der Waals surface area contributed by atoms with Crippen molar-refractivity contribution in [1.29, 1.82) is 0 Å². The Labute approximate surface area is 108 Å². The van der Waals surface area contributed by atoms with Crippen molar-refractivity contribution in [2.45, 2.75) is 0 Å². The first-order chi connectivity index (χ1) is 8.77. The predicted octanol–water partition coefficient (Wildman–Crippen LogP) is 2.90. The Bertz CT molecular complexity index is 507. The van der Waals surface area contributed by atoms with E-state index in [4.69, 9.17) is 14.6 Å². The summed E-state index contributed by atoms with van der Waals surface area (Å²) in [5.41, 5.74) is 0. The smallest absolute Gasteiger partial charge is 0.349 e. The number of hydrogen-bond donors (Lipinski definition) is 1. The fourth-order valence-electron chi connectivity index (χ4n) is 1.39. The Morgan fingerprint density at radius 2 is 1.83 bits per heavy atom. The number of aromatic carboxylic acids is 1. The van der Waals surface area contributed by atoms with Gasteiger partial charge in [-0.15, -0.1) is 11.3 Å².